The molecular weight excluding hydrogens is 212 g/mol. The Hall–Kier alpha value is -1.14. The molecule has 0 unspecified atom stereocenters. The van der Waals surface area contributed by atoms with Gasteiger partial charge in [0.1, 0.15) is 5.82 Å². The fourth-order valence-corrected chi connectivity index (χ4v) is 1.13. The number of alkyl halides is 3. The first kappa shape index (κ1) is 11.9. The standard InChI is InChI=1S/C9H10F4N2/c10-7-3-5(8(15)4-14)1-2-6(7)9(11,12)13/h1-3,8H,4,14-15H2/t8-/m0/s1. The predicted molar refractivity (Wildman–Crippen MR) is 47.4 cm³/mol. The quantitative estimate of drug-likeness (QED) is 0.749. The second kappa shape index (κ2) is 4.16. The van der Waals surface area contributed by atoms with Crippen LogP contribution in [0.3, 0.4) is 0 Å². The van der Waals surface area contributed by atoms with Gasteiger partial charge in [-0.1, -0.05) is 6.07 Å². The van der Waals surface area contributed by atoms with Crippen LogP contribution in [0.25, 0.3) is 0 Å². The third-order valence-corrected chi connectivity index (χ3v) is 1.98. The van der Waals surface area contributed by atoms with Gasteiger partial charge in [-0.05, 0) is 17.7 Å². The first-order valence-electron chi connectivity index (χ1n) is 4.18. The second-order valence-electron chi connectivity index (χ2n) is 3.08. The number of nitrogens with two attached hydrogens (primary N) is 2. The lowest BCUT2D eigenvalue weighted by Crippen LogP contribution is -2.21. The van der Waals surface area contributed by atoms with Crippen molar-refractivity contribution in [2.45, 2.75) is 12.2 Å². The zero-order valence-corrected chi connectivity index (χ0v) is 7.68. The van der Waals surface area contributed by atoms with Crippen LogP contribution >= 0.6 is 0 Å². The summed E-state index contributed by atoms with van der Waals surface area (Å²) in [5.74, 6) is -1.33. The number of hydrogen-bond acceptors (Lipinski definition) is 2. The Kier molecular flexibility index (Phi) is 3.31. The van der Waals surface area contributed by atoms with Gasteiger partial charge >= 0.3 is 6.18 Å². The van der Waals surface area contributed by atoms with Crippen LogP contribution in [-0.4, -0.2) is 6.54 Å². The molecule has 0 aliphatic rings. The molecule has 1 aromatic carbocycles. The number of benzene rings is 1. The maximum Gasteiger partial charge on any atom is 0.419 e. The molecule has 1 atom stereocenters. The minimum absolute atomic E-state index is 0.0464. The van der Waals surface area contributed by atoms with E-state index in [0.717, 1.165) is 12.1 Å². The van der Waals surface area contributed by atoms with Crippen molar-refractivity contribution < 1.29 is 17.6 Å². The first-order chi connectivity index (χ1) is 6.86. The Morgan fingerprint density at radius 2 is 1.87 bits per heavy atom. The van der Waals surface area contributed by atoms with Gasteiger partial charge in [0, 0.05) is 12.6 Å². The van der Waals surface area contributed by atoms with Gasteiger partial charge in [0.2, 0.25) is 0 Å². The topological polar surface area (TPSA) is 52.0 Å². The highest BCUT2D eigenvalue weighted by Crippen LogP contribution is 2.32. The van der Waals surface area contributed by atoms with Crippen molar-refractivity contribution in [3.8, 4) is 0 Å². The highest BCUT2D eigenvalue weighted by molar-refractivity contribution is 5.28. The third-order valence-electron chi connectivity index (χ3n) is 1.98. The van der Waals surface area contributed by atoms with E-state index in [1.165, 1.54) is 0 Å². The van der Waals surface area contributed by atoms with Crippen molar-refractivity contribution in [1.29, 1.82) is 0 Å². The summed E-state index contributed by atoms with van der Waals surface area (Å²) in [6.07, 6.45) is -4.69. The van der Waals surface area contributed by atoms with E-state index in [1.54, 1.807) is 0 Å². The third kappa shape index (κ3) is 2.66. The molecule has 0 fully saturated rings. The molecule has 0 amide bonds. The largest absolute Gasteiger partial charge is 0.419 e. The Morgan fingerprint density at radius 1 is 1.27 bits per heavy atom. The summed E-state index contributed by atoms with van der Waals surface area (Å²) in [7, 11) is 0. The lowest BCUT2D eigenvalue weighted by atomic mass is 10.0. The van der Waals surface area contributed by atoms with Gasteiger partial charge in [-0.2, -0.15) is 13.2 Å². The van der Waals surface area contributed by atoms with Crippen LogP contribution in [0, 0.1) is 5.82 Å². The number of rotatable bonds is 2. The van der Waals surface area contributed by atoms with Crippen LogP contribution in [0.5, 0.6) is 0 Å². The smallest absolute Gasteiger partial charge is 0.329 e. The molecule has 1 rings (SSSR count). The van der Waals surface area contributed by atoms with E-state index in [9.17, 15) is 17.6 Å². The summed E-state index contributed by atoms with van der Waals surface area (Å²) >= 11 is 0. The van der Waals surface area contributed by atoms with Crippen molar-refractivity contribution >= 4 is 0 Å². The maximum atomic E-state index is 13.0. The van der Waals surface area contributed by atoms with Crippen molar-refractivity contribution in [1.82, 2.24) is 0 Å². The van der Waals surface area contributed by atoms with Gasteiger partial charge in [0.25, 0.3) is 0 Å². The fraction of sp³-hybridized carbons (Fsp3) is 0.333. The molecule has 84 valence electrons. The number of halogens is 4. The van der Waals surface area contributed by atoms with Gasteiger partial charge < -0.3 is 11.5 Å². The molecule has 0 bridgehead atoms. The maximum absolute atomic E-state index is 13.0. The molecule has 0 heterocycles. The first-order valence-corrected chi connectivity index (χ1v) is 4.18. The van der Waals surface area contributed by atoms with E-state index in [2.05, 4.69) is 0 Å². The van der Waals surface area contributed by atoms with Crippen LogP contribution in [0.2, 0.25) is 0 Å². The molecule has 0 spiro atoms. The van der Waals surface area contributed by atoms with Crippen LogP contribution in [0.15, 0.2) is 18.2 Å². The Morgan fingerprint density at radius 3 is 2.27 bits per heavy atom. The Labute approximate surface area is 83.9 Å². The van der Waals surface area contributed by atoms with E-state index >= 15 is 0 Å². The molecule has 2 nitrogen and oxygen atoms in total. The van der Waals surface area contributed by atoms with Crippen LogP contribution in [0.4, 0.5) is 17.6 Å². The van der Waals surface area contributed by atoms with Gasteiger partial charge in [0.05, 0.1) is 5.56 Å². The van der Waals surface area contributed by atoms with E-state index in [-0.39, 0.29) is 12.1 Å². The highest BCUT2D eigenvalue weighted by Gasteiger charge is 2.34. The van der Waals surface area contributed by atoms with Crippen LogP contribution < -0.4 is 11.5 Å². The zero-order valence-electron chi connectivity index (χ0n) is 7.68. The van der Waals surface area contributed by atoms with Gasteiger partial charge in [-0.3, -0.25) is 0 Å². The SMILES string of the molecule is NC[C@H](N)c1ccc(C(F)(F)F)c(F)c1. The Balaban J connectivity index is 3.09. The molecule has 0 aliphatic heterocycles. The molecule has 15 heavy (non-hydrogen) atoms. The van der Waals surface area contributed by atoms with Crippen molar-refractivity contribution in [2.24, 2.45) is 11.5 Å². The average Bonchev–Trinajstić information content (AvgIpc) is 2.14. The van der Waals surface area contributed by atoms with E-state index in [0.29, 0.717) is 6.07 Å². The Bertz CT molecular complexity index is 348. The molecule has 4 N–H and O–H groups in total. The molecule has 6 heteroatoms. The second-order valence-corrected chi connectivity index (χ2v) is 3.08. The molecule has 0 saturated heterocycles. The molecule has 1 aromatic rings. The van der Waals surface area contributed by atoms with Gasteiger partial charge in [-0.25, -0.2) is 4.39 Å². The molecular formula is C9H10F4N2. The normalized spacial score (nSPS) is 14.0. The summed E-state index contributed by atoms with van der Waals surface area (Å²) in [5, 5.41) is 0. The lowest BCUT2D eigenvalue weighted by Gasteiger charge is -2.12. The summed E-state index contributed by atoms with van der Waals surface area (Å²) in [6.45, 7) is 0.0464. The van der Waals surface area contributed by atoms with Crippen LogP contribution in [0.1, 0.15) is 17.2 Å². The summed E-state index contributed by atoms with van der Waals surface area (Å²) < 4.78 is 49.5. The average molecular weight is 222 g/mol. The van der Waals surface area contributed by atoms with Crippen molar-refractivity contribution in [3.63, 3.8) is 0 Å². The van der Waals surface area contributed by atoms with Crippen LogP contribution in [-0.2, 0) is 6.18 Å². The summed E-state index contributed by atoms with van der Waals surface area (Å²) in [6, 6.07) is 1.91. The zero-order chi connectivity index (χ0) is 11.6. The number of hydrogen-bond donors (Lipinski definition) is 2. The minimum Gasteiger partial charge on any atom is -0.329 e. The van der Waals surface area contributed by atoms with Crippen molar-refractivity contribution in [3.05, 3.63) is 35.1 Å². The molecule has 0 saturated carbocycles. The van der Waals surface area contributed by atoms with E-state index in [1.807, 2.05) is 0 Å². The lowest BCUT2D eigenvalue weighted by molar-refractivity contribution is -0.140. The van der Waals surface area contributed by atoms with Gasteiger partial charge in [-0.15, -0.1) is 0 Å². The molecule has 0 aliphatic carbocycles. The molecule has 0 aromatic heterocycles. The monoisotopic (exact) mass is 222 g/mol. The van der Waals surface area contributed by atoms with E-state index < -0.39 is 23.6 Å². The van der Waals surface area contributed by atoms with Crippen molar-refractivity contribution in [2.75, 3.05) is 6.54 Å². The van der Waals surface area contributed by atoms with Gasteiger partial charge in [0.15, 0.2) is 0 Å². The van der Waals surface area contributed by atoms with E-state index in [4.69, 9.17) is 11.5 Å². The fourth-order valence-electron chi connectivity index (χ4n) is 1.13. The summed E-state index contributed by atoms with van der Waals surface area (Å²) in [5.41, 5.74) is 9.61. The predicted octanol–water partition coefficient (Wildman–Crippen LogP) is 1.80. The minimum atomic E-state index is -4.69. The summed E-state index contributed by atoms with van der Waals surface area (Å²) in [4.78, 5) is 0. The molecule has 0 radical (unpaired) electrons. The highest BCUT2D eigenvalue weighted by atomic mass is 19.4.